The largest absolute Gasteiger partial charge is 0.435 e. The minimum Gasteiger partial charge on any atom is -0.232 e. The third-order valence-electron chi connectivity index (χ3n) is 3.95. The molecule has 28 heavy (non-hydrogen) atoms. The van der Waals surface area contributed by atoms with Crippen molar-refractivity contribution in [3.63, 3.8) is 0 Å². The average molecular weight is 416 g/mol. The number of alkyl halides is 3. The molecule has 4 nitrogen and oxygen atoms in total. The Labute approximate surface area is 157 Å². The number of aromatic nitrogens is 2. The number of halogens is 5. The molecule has 0 unspecified atom stereocenters. The topological polar surface area (TPSA) is 52.0 Å². The molecule has 1 heterocycles. The van der Waals surface area contributed by atoms with Crippen LogP contribution in [0.5, 0.6) is 0 Å². The van der Waals surface area contributed by atoms with E-state index in [1.165, 1.54) is 0 Å². The van der Waals surface area contributed by atoms with Gasteiger partial charge in [-0.1, -0.05) is 29.8 Å². The monoisotopic (exact) mass is 416 g/mol. The van der Waals surface area contributed by atoms with Crippen molar-refractivity contribution in [2.24, 2.45) is 0 Å². The van der Waals surface area contributed by atoms with Crippen LogP contribution in [0.2, 0.25) is 0 Å². The molecule has 148 valence electrons. The van der Waals surface area contributed by atoms with Gasteiger partial charge in [0.05, 0.1) is 11.4 Å². The standard InChI is InChI=1S/C18H13F5N2O2S/c1-10-3-5-11(6-4-10)15-9-16(18(21,22)23)24-25(15)12-7-13(19)17(14(20)8-12)28(2,26)27/h3-9H,1-2H3. The van der Waals surface area contributed by atoms with E-state index in [0.717, 1.165) is 16.3 Å². The van der Waals surface area contributed by atoms with Crippen molar-refractivity contribution in [2.45, 2.75) is 18.0 Å². The van der Waals surface area contributed by atoms with Gasteiger partial charge in [0.25, 0.3) is 0 Å². The van der Waals surface area contributed by atoms with E-state index in [9.17, 15) is 30.4 Å². The van der Waals surface area contributed by atoms with Gasteiger partial charge in [-0.15, -0.1) is 0 Å². The second-order valence-corrected chi connectivity index (χ2v) is 8.15. The van der Waals surface area contributed by atoms with Crippen LogP contribution in [0.4, 0.5) is 22.0 Å². The highest BCUT2D eigenvalue weighted by Crippen LogP contribution is 2.34. The number of sulfone groups is 1. The molecule has 1 aromatic heterocycles. The van der Waals surface area contributed by atoms with Gasteiger partial charge in [-0.05, 0) is 13.0 Å². The van der Waals surface area contributed by atoms with Crippen LogP contribution in [0.3, 0.4) is 0 Å². The lowest BCUT2D eigenvalue weighted by molar-refractivity contribution is -0.141. The lowest BCUT2D eigenvalue weighted by Crippen LogP contribution is -2.09. The van der Waals surface area contributed by atoms with E-state index in [1.807, 2.05) is 0 Å². The van der Waals surface area contributed by atoms with Gasteiger partial charge < -0.3 is 0 Å². The molecule has 0 bridgehead atoms. The molecule has 3 aromatic rings. The summed E-state index contributed by atoms with van der Waals surface area (Å²) in [6.07, 6.45) is -4.16. The molecule has 0 saturated heterocycles. The number of hydrogen-bond donors (Lipinski definition) is 0. The van der Waals surface area contributed by atoms with Crippen molar-refractivity contribution < 1.29 is 30.4 Å². The molecule has 2 aromatic carbocycles. The van der Waals surface area contributed by atoms with Crippen molar-refractivity contribution in [1.29, 1.82) is 0 Å². The highest BCUT2D eigenvalue weighted by molar-refractivity contribution is 7.90. The SMILES string of the molecule is Cc1ccc(-c2cc(C(F)(F)F)nn2-c2cc(F)c(S(C)(=O)=O)c(F)c2)cc1. The molecule has 10 heteroatoms. The molecule has 0 aliphatic rings. The molecule has 0 fully saturated rings. The van der Waals surface area contributed by atoms with Gasteiger partial charge in [-0.25, -0.2) is 21.9 Å². The lowest BCUT2D eigenvalue weighted by atomic mass is 10.1. The first-order chi connectivity index (χ1) is 12.9. The first-order valence-corrected chi connectivity index (χ1v) is 9.71. The van der Waals surface area contributed by atoms with Crippen LogP contribution in [-0.4, -0.2) is 24.5 Å². The molecule has 0 N–H and O–H groups in total. The van der Waals surface area contributed by atoms with Crippen LogP contribution < -0.4 is 0 Å². The van der Waals surface area contributed by atoms with E-state index in [4.69, 9.17) is 0 Å². The predicted octanol–water partition coefficient (Wildman–Crippen LogP) is 4.55. The third kappa shape index (κ3) is 3.77. The van der Waals surface area contributed by atoms with Crippen molar-refractivity contribution in [3.05, 3.63) is 65.4 Å². The molecule has 0 aliphatic heterocycles. The van der Waals surface area contributed by atoms with Crippen LogP contribution in [0.1, 0.15) is 11.3 Å². The highest BCUT2D eigenvalue weighted by Gasteiger charge is 2.35. The molecule has 0 amide bonds. The fraction of sp³-hybridized carbons (Fsp3) is 0.167. The van der Waals surface area contributed by atoms with Gasteiger partial charge in [0.15, 0.2) is 15.5 Å². The maximum absolute atomic E-state index is 14.2. The molecular formula is C18H13F5N2O2S. The Hall–Kier alpha value is -2.75. The highest BCUT2D eigenvalue weighted by atomic mass is 32.2. The summed E-state index contributed by atoms with van der Waals surface area (Å²) in [7, 11) is -4.21. The summed E-state index contributed by atoms with van der Waals surface area (Å²) in [5.74, 6) is -2.84. The molecule has 0 spiro atoms. The first kappa shape index (κ1) is 20.0. The Bertz CT molecular complexity index is 1130. The molecule has 0 saturated carbocycles. The average Bonchev–Trinajstić information content (AvgIpc) is 2.99. The van der Waals surface area contributed by atoms with E-state index in [2.05, 4.69) is 5.10 Å². The summed E-state index contributed by atoms with van der Waals surface area (Å²) in [5, 5.41) is 3.43. The Morgan fingerprint density at radius 1 is 0.964 bits per heavy atom. The zero-order valence-corrected chi connectivity index (χ0v) is 15.4. The fourth-order valence-electron chi connectivity index (χ4n) is 2.67. The number of hydrogen-bond acceptors (Lipinski definition) is 3. The molecule has 0 radical (unpaired) electrons. The predicted molar refractivity (Wildman–Crippen MR) is 91.8 cm³/mol. The zero-order valence-electron chi connectivity index (χ0n) is 14.6. The summed E-state index contributed by atoms with van der Waals surface area (Å²) in [4.78, 5) is -1.16. The summed E-state index contributed by atoms with van der Waals surface area (Å²) >= 11 is 0. The molecule has 0 atom stereocenters. The van der Waals surface area contributed by atoms with E-state index in [1.54, 1.807) is 31.2 Å². The smallest absolute Gasteiger partial charge is 0.232 e. The maximum atomic E-state index is 14.2. The van der Waals surface area contributed by atoms with Crippen LogP contribution in [-0.2, 0) is 16.0 Å². The van der Waals surface area contributed by atoms with Crippen molar-refractivity contribution in [1.82, 2.24) is 9.78 Å². The number of nitrogens with zero attached hydrogens (tertiary/aromatic N) is 2. The van der Waals surface area contributed by atoms with Crippen molar-refractivity contribution in [2.75, 3.05) is 6.26 Å². The number of rotatable bonds is 3. The number of benzene rings is 2. The Morgan fingerprint density at radius 2 is 1.50 bits per heavy atom. The van der Waals surface area contributed by atoms with E-state index in [-0.39, 0.29) is 11.4 Å². The van der Waals surface area contributed by atoms with Crippen LogP contribution in [0.15, 0.2) is 47.4 Å². The van der Waals surface area contributed by atoms with Crippen molar-refractivity contribution >= 4 is 9.84 Å². The second-order valence-electron chi connectivity index (χ2n) is 6.20. The Morgan fingerprint density at radius 3 is 1.96 bits per heavy atom. The van der Waals surface area contributed by atoms with Crippen LogP contribution in [0, 0.1) is 18.6 Å². The first-order valence-electron chi connectivity index (χ1n) is 7.81. The van der Waals surface area contributed by atoms with Crippen LogP contribution in [0.25, 0.3) is 16.9 Å². The van der Waals surface area contributed by atoms with Gasteiger partial charge in [0.2, 0.25) is 0 Å². The normalized spacial score (nSPS) is 12.4. The van der Waals surface area contributed by atoms with Crippen molar-refractivity contribution in [3.8, 4) is 16.9 Å². The van der Waals surface area contributed by atoms with Gasteiger partial charge in [-0.2, -0.15) is 18.3 Å². The molecular weight excluding hydrogens is 403 g/mol. The maximum Gasteiger partial charge on any atom is 0.435 e. The summed E-state index contributed by atoms with van der Waals surface area (Å²) in [6.45, 7) is 1.79. The van der Waals surface area contributed by atoms with E-state index < -0.39 is 38.2 Å². The minimum atomic E-state index is -4.78. The zero-order chi connectivity index (χ0) is 20.9. The van der Waals surface area contributed by atoms with Gasteiger partial charge in [0, 0.05) is 24.0 Å². The van der Waals surface area contributed by atoms with Gasteiger partial charge in [-0.3, -0.25) is 0 Å². The van der Waals surface area contributed by atoms with Gasteiger partial charge >= 0.3 is 6.18 Å². The van der Waals surface area contributed by atoms with E-state index >= 15 is 0 Å². The Kier molecular flexibility index (Phi) is 4.78. The fourth-order valence-corrected chi connectivity index (χ4v) is 3.50. The van der Waals surface area contributed by atoms with Gasteiger partial charge in [0.1, 0.15) is 16.5 Å². The summed E-state index contributed by atoms with van der Waals surface area (Å²) < 4.78 is 91.7. The second kappa shape index (κ2) is 6.69. The van der Waals surface area contributed by atoms with Crippen LogP contribution >= 0.6 is 0 Å². The molecule has 3 rings (SSSR count). The Balaban J connectivity index is 2.27. The summed E-state index contributed by atoms with van der Waals surface area (Å²) in [5.41, 5.74) is -0.496. The van der Waals surface area contributed by atoms with E-state index in [0.29, 0.717) is 24.0 Å². The third-order valence-corrected chi connectivity index (χ3v) is 5.08. The quantitative estimate of drug-likeness (QED) is 0.589. The minimum absolute atomic E-state index is 0.0572. The number of aryl methyl sites for hydroxylation is 1. The lowest BCUT2D eigenvalue weighted by Gasteiger charge is -2.10. The summed E-state index contributed by atoms with van der Waals surface area (Å²) in [6, 6.07) is 8.42. The molecule has 0 aliphatic carbocycles.